The molecule has 1 fully saturated rings. The molecule has 1 aliphatic heterocycles. The van der Waals surface area contributed by atoms with Gasteiger partial charge in [-0.25, -0.2) is 4.98 Å². The first-order valence-corrected chi connectivity index (χ1v) is 6.73. The molecule has 2 heterocycles. The average Bonchev–Trinajstić information content (AvgIpc) is 2.83. The van der Waals surface area contributed by atoms with Crippen LogP contribution in [0.4, 0.5) is 13.2 Å². The lowest BCUT2D eigenvalue weighted by atomic mass is 10.1. The normalized spacial score (nSPS) is 19.5. The SMILES string of the molecule is CN1CCCC1CCOc1nc(C(F)(F)F)ccc1C#N. The van der Waals surface area contributed by atoms with E-state index in [2.05, 4.69) is 9.88 Å². The predicted octanol–water partition coefficient (Wildman–Crippen LogP) is 2.84. The van der Waals surface area contributed by atoms with Crippen LogP contribution in [0.5, 0.6) is 5.88 Å². The van der Waals surface area contributed by atoms with Gasteiger partial charge in [-0.15, -0.1) is 0 Å². The number of pyridine rings is 1. The molecule has 0 aliphatic carbocycles. The van der Waals surface area contributed by atoms with E-state index in [0.717, 1.165) is 31.5 Å². The molecular formula is C14H16F3N3O. The van der Waals surface area contributed by atoms with Crippen LogP contribution in [0.25, 0.3) is 0 Å². The zero-order valence-electron chi connectivity index (χ0n) is 11.7. The second-order valence-electron chi connectivity index (χ2n) is 5.07. The maximum atomic E-state index is 12.6. The molecule has 0 radical (unpaired) electrons. The van der Waals surface area contributed by atoms with Gasteiger partial charge in [0.25, 0.3) is 0 Å². The zero-order valence-corrected chi connectivity index (χ0v) is 11.7. The van der Waals surface area contributed by atoms with Gasteiger partial charge in [0.15, 0.2) is 0 Å². The van der Waals surface area contributed by atoms with Crippen LogP contribution in [-0.4, -0.2) is 36.1 Å². The lowest BCUT2D eigenvalue weighted by Gasteiger charge is -2.19. The number of halogens is 3. The third-order valence-electron chi connectivity index (χ3n) is 3.63. The summed E-state index contributed by atoms with van der Waals surface area (Å²) in [5.74, 6) is -0.243. The minimum Gasteiger partial charge on any atom is -0.477 e. The molecule has 114 valence electrons. The number of likely N-dealkylation sites (tertiary alicyclic amines) is 1. The topological polar surface area (TPSA) is 49.1 Å². The maximum Gasteiger partial charge on any atom is 0.433 e. The Balaban J connectivity index is 2.02. The molecule has 1 aromatic rings. The van der Waals surface area contributed by atoms with Crippen LogP contribution in [0, 0.1) is 11.3 Å². The number of nitrogens with zero attached hydrogens (tertiary/aromatic N) is 3. The Labute approximate surface area is 121 Å². The molecule has 0 saturated carbocycles. The Bertz CT molecular complexity index is 539. The standard InChI is InChI=1S/C14H16F3N3O/c1-20-7-2-3-11(20)6-8-21-13-10(9-18)4-5-12(19-13)14(15,16)17/h4-5,11H,2-3,6-8H2,1H3. The van der Waals surface area contributed by atoms with Crippen molar-refractivity contribution in [2.24, 2.45) is 0 Å². The first-order chi connectivity index (χ1) is 9.91. The van der Waals surface area contributed by atoms with Gasteiger partial charge in [0, 0.05) is 6.04 Å². The van der Waals surface area contributed by atoms with Gasteiger partial charge in [-0.3, -0.25) is 0 Å². The van der Waals surface area contributed by atoms with E-state index >= 15 is 0 Å². The minimum atomic E-state index is -4.54. The zero-order chi connectivity index (χ0) is 15.5. The summed E-state index contributed by atoms with van der Waals surface area (Å²) < 4.78 is 43.2. The highest BCUT2D eigenvalue weighted by atomic mass is 19.4. The second kappa shape index (κ2) is 6.31. The van der Waals surface area contributed by atoms with E-state index in [0.29, 0.717) is 12.5 Å². The quantitative estimate of drug-likeness (QED) is 0.858. The number of ether oxygens (including phenoxy) is 1. The largest absolute Gasteiger partial charge is 0.477 e. The van der Waals surface area contributed by atoms with Crippen molar-refractivity contribution in [2.75, 3.05) is 20.2 Å². The number of nitriles is 1. The number of alkyl halides is 3. The number of hydrogen-bond donors (Lipinski definition) is 0. The van der Waals surface area contributed by atoms with Gasteiger partial charge in [0.05, 0.1) is 6.61 Å². The van der Waals surface area contributed by atoms with Crippen LogP contribution in [0.2, 0.25) is 0 Å². The second-order valence-corrected chi connectivity index (χ2v) is 5.07. The van der Waals surface area contributed by atoms with Gasteiger partial charge in [-0.1, -0.05) is 0 Å². The molecule has 1 saturated heterocycles. The summed E-state index contributed by atoms with van der Waals surface area (Å²) in [6.07, 6.45) is -1.66. The molecule has 1 atom stereocenters. The van der Waals surface area contributed by atoms with E-state index in [1.807, 2.05) is 7.05 Å². The summed E-state index contributed by atoms with van der Waals surface area (Å²) in [7, 11) is 2.01. The van der Waals surface area contributed by atoms with E-state index in [-0.39, 0.29) is 18.1 Å². The molecule has 1 aliphatic rings. The maximum absolute atomic E-state index is 12.6. The lowest BCUT2D eigenvalue weighted by Crippen LogP contribution is -2.26. The summed E-state index contributed by atoms with van der Waals surface area (Å²) in [6.45, 7) is 1.27. The van der Waals surface area contributed by atoms with Gasteiger partial charge in [0.2, 0.25) is 5.88 Å². The molecule has 2 rings (SSSR count). The smallest absolute Gasteiger partial charge is 0.433 e. The fourth-order valence-electron chi connectivity index (χ4n) is 2.43. The first-order valence-electron chi connectivity index (χ1n) is 6.73. The van der Waals surface area contributed by atoms with Gasteiger partial charge in [0.1, 0.15) is 17.3 Å². The van der Waals surface area contributed by atoms with E-state index in [1.54, 1.807) is 6.07 Å². The first kappa shape index (κ1) is 15.6. The van der Waals surface area contributed by atoms with Crippen LogP contribution in [0.3, 0.4) is 0 Å². The van der Waals surface area contributed by atoms with Crippen molar-refractivity contribution in [1.82, 2.24) is 9.88 Å². The Hall–Kier alpha value is -1.81. The van der Waals surface area contributed by atoms with Crippen LogP contribution in [0.15, 0.2) is 12.1 Å². The van der Waals surface area contributed by atoms with E-state index in [9.17, 15) is 13.2 Å². The molecule has 21 heavy (non-hydrogen) atoms. The molecule has 7 heteroatoms. The number of aromatic nitrogens is 1. The Kier molecular flexibility index (Phi) is 4.68. The summed E-state index contributed by atoms with van der Waals surface area (Å²) in [4.78, 5) is 5.62. The Morgan fingerprint density at radius 3 is 2.81 bits per heavy atom. The lowest BCUT2D eigenvalue weighted by molar-refractivity contribution is -0.141. The fourth-order valence-corrected chi connectivity index (χ4v) is 2.43. The molecule has 0 amide bonds. The van der Waals surface area contributed by atoms with Crippen molar-refractivity contribution in [3.63, 3.8) is 0 Å². The molecule has 0 aromatic carbocycles. The van der Waals surface area contributed by atoms with Crippen molar-refractivity contribution < 1.29 is 17.9 Å². The van der Waals surface area contributed by atoms with E-state index in [4.69, 9.17) is 10.00 Å². The number of rotatable bonds is 4. The van der Waals surface area contributed by atoms with Crippen LogP contribution >= 0.6 is 0 Å². The molecule has 0 bridgehead atoms. The highest BCUT2D eigenvalue weighted by Gasteiger charge is 2.33. The minimum absolute atomic E-state index is 0.0165. The van der Waals surface area contributed by atoms with Crippen molar-refractivity contribution >= 4 is 0 Å². The summed E-state index contributed by atoms with van der Waals surface area (Å²) >= 11 is 0. The highest BCUT2D eigenvalue weighted by molar-refractivity contribution is 5.39. The molecule has 0 spiro atoms. The van der Waals surface area contributed by atoms with E-state index in [1.165, 1.54) is 0 Å². The van der Waals surface area contributed by atoms with Crippen LogP contribution in [0.1, 0.15) is 30.5 Å². The van der Waals surface area contributed by atoms with Gasteiger partial charge in [-0.05, 0) is 45.0 Å². The molecule has 1 unspecified atom stereocenters. The third kappa shape index (κ3) is 3.85. The highest BCUT2D eigenvalue weighted by Crippen LogP contribution is 2.30. The predicted molar refractivity (Wildman–Crippen MR) is 69.7 cm³/mol. The van der Waals surface area contributed by atoms with Gasteiger partial charge in [-0.2, -0.15) is 18.4 Å². The van der Waals surface area contributed by atoms with Crippen molar-refractivity contribution in [2.45, 2.75) is 31.5 Å². The van der Waals surface area contributed by atoms with Crippen molar-refractivity contribution in [3.05, 3.63) is 23.4 Å². The molecule has 1 aromatic heterocycles. The van der Waals surface area contributed by atoms with Crippen LogP contribution in [-0.2, 0) is 6.18 Å². The van der Waals surface area contributed by atoms with Gasteiger partial charge >= 0.3 is 6.18 Å². The van der Waals surface area contributed by atoms with Gasteiger partial charge < -0.3 is 9.64 Å². The Morgan fingerprint density at radius 1 is 1.48 bits per heavy atom. The fraction of sp³-hybridized carbons (Fsp3) is 0.571. The van der Waals surface area contributed by atoms with Crippen molar-refractivity contribution in [1.29, 1.82) is 5.26 Å². The van der Waals surface area contributed by atoms with Crippen molar-refractivity contribution in [3.8, 4) is 11.9 Å². The monoisotopic (exact) mass is 299 g/mol. The van der Waals surface area contributed by atoms with Crippen LogP contribution < -0.4 is 4.74 Å². The summed E-state index contributed by atoms with van der Waals surface area (Å²) in [5.41, 5.74) is -1.03. The number of hydrogen-bond acceptors (Lipinski definition) is 4. The molecular weight excluding hydrogens is 283 g/mol. The summed E-state index contributed by atoms with van der Waals surface area (Å²) in [5, 5.41) is 8.91. The molecule has 4 nitrogen and oxygen atoms in total. The van der Waals surface area contributed by atoms with E-state index < -0.39 is 11.9 Å². The third-order valence-corrected chi connectivity index (χ3v) is 3.63. The summed E-state index contributed by atoms with van der Waals surface area (Å²) in [6, 6.07) is 4.05. The molecule has 0 N–H and O–H groups in total. The average molecular weight is 299 g/mol. The Morgan fingerprint density at radius 2 is 2.24 bits per heavy atom.